The Bertz CT molecular complexity index is 503. The number of rotatable bonds is 2. The van der Waals surface area contributed by atoms with Crippen molar-refractivity contribution in [3.63, 3.8) is 0 Å². The maximum Gasteiger partial charge on any atom is 0.131 e. The molecule has 0 atom stereocenters. The third-order valence-corrected chi connectivity index (χ3v) is 3.09. The lowest BCUT2D eigenvalue weighted by atomic mass is 10.1. The topological polar surface area (TPSA) is 12.5 Å². The second-order valence-corrected chi connectivity index (χ2v) is 4.47. The van der Waals surface area contributed by atoms with E-state index in [4.69, 9.17) is 4.84 Å². The highest BCUT2D eigenvalue weighted by Gasteiger charge is 2.29. The van der Waals surface area contributed by atoms with Gasteiger partial charge in [-0.15, -0.1) is 0 Å². The minimum Gasteiger partial charge on any atom is -0.287 e. The van der Waals surface area contributed by atoms with E-state index < -0.39 is 0 Å². The van der Waals surface area contributed by atoms with Crippen LogP contribution in [0.15, 0.2) is 48.5 Å². The summed E-state index contributed by atoms with van der Waals surface area (Å²) >= 11 is 0. The van der Waals surface area contributed by atoms with E-state index in [1.807, 2.05) is 14.1 Å². The largest absolute Gasteiger partial charge is 0.287 e. The van der Waals surface area contributed by atoms with Crippen LogP contribution >= 0.6 is 0 Å². The third-order valence-electron chi connectivity index (χ3n) is 3.09. The Hall–Kier alpha value is -1.64. The first kappa shape index (κ1) is 10.5. The summed E-state index contributed by atoms with van der Waals surface area (Å²) in [5.74, 6) is 0. The lowest BCUT2D eigenvalue weighted by Crippen LogP contribution is -2.16. The first-order valence-electron chi connectivity index (χ1n) is 5.79. The van der Waals surface area contributed by atoms with Crippen LogP contribution in [-0.4, -0.2) is 19.2 Å². The first-order valence-corrected chi connectivity index (χ1v) is 5.79. The van der Waals surface area contributed by atoms with E-state index in [-0.39, 0.29) is 6.10 Å². The molecule has 0 radical (unpaired) electrons. The predicted molar refractivity (Wildman–Crippen MR) is 68.5 cm³/mol. The van der Waals surface area contributed by atoms with Crippen LogP contribution in [0.1, 0.15) is 17.2 Å². The number of hydroxylamine groups is 2. The van der Waals surface area contributed by atoms with E-state index in [9.17, 15) is 0 Å². The summed E-state index contributed by atoms with van der Waals surface area (Å²) in [6.07, 6.45) is 0.0254. The van der Waals surface area contributed by atoms with Gasteiger partial charge in [0.1, 0.15) is 6.10 Å². The molecule has 0 amide bonds. The summed E-state index contributed by atoms with van der Waals surface area (Å²) in [6, 6.07) is 16.9. The van der Waals surface area contributed by atoms with E-state index in [0.29, 0.717) is 0 Å². The molecule has 86 valence electrons. The standard InChI is InChI=1S/C15H15NO/c1-16(2)17-15-13-9-5-3-7-11(13)12-8-4-6-10-14(12)15/h3-10,15H,1-2H3. The summed E-state index contributed by atoms with van der Waals surface area (Å²) in [5.41, 5.74) is 5.08. The second kappa shape index (κ2) is 3.99. The minimum absolute atomic E-state index is 0.0254. The molecule has 1 aliphatic rings. The molecule has 0 spiro atoms. The van der Waals surface area contributed by atoms with Crippen molar-refractivity contribution < 1.29 is 4.84 Å². The third kappa shape index (κ3) is 1.66. The molecule has 0 N–H and O–H groups in total. The van der Waals surface area contributed by atoms with Crippen molar-refractivity contribution in [1.82, 2.24) is 5.06 Å². The number of nitrogens with zero attached hydrogens (tertiary/aromatic N) is 1. The Morgan fingerprint density at radius 3 is 1.76 bits per heavy atom. The molecule has 0 heterocycles. The van der Waals surface area contributed by atoms with Crippen molar-refractivity contribution in [2.24, 2.45) is 0 Å². The molecule has 0 aliphatic heterocycles. The lowest BCUT2D eigenvalue weighted by molar-refractivity contribution is -0.151. The molecule has 0 aromatic heterocycles. The fraction of sp³-hybridized carbons (Fsp3) is 0.200. The van der Waals surface area contributed by atoms with Crippen molar-refractivity contribution >= 4 is 0 Å². The fourth-order valence-corrected chi connectivity index (χ4v) is 2.43. The van der Waals surface area contributed by atoms with Gasteiger partial charge in [0.2, 0.25) is 0 Å². The number of fused-ring (bicyclic) bond motifs is 3. The van der Waals surface area contributed by atoms with Crippen molar-refractivity contribution in [2.45, 2.75) is 6.10 Å². The zero-order valence-electron chi connectivity index (χ0n) is 10.1. The number of benzene rings is 2. The molecule has 17 heavy (non-hydrogen) atoms. The van der Waals surface area contributed by atoms with Gasteiger partial charge in [0.15, 0.2) is 0 Å². The second-order valence-electron chi connectivity index (χ2n) is 4.47. The molecule has 2 aromatic carbocycles. The van der Waals surface area contributed by atoms with E-state index in [1.54, 1.807) is 5.06 Å². The number of hydrogen-bond acceptors (Lipinski definition) is 2. The molecule has 0 bridgehead atoms. The van der Waals surface area contributed by atoms with Gasteiger partial charge in [-0.05, 0) is 22.3 Å². The highest BCUT2D eigenvalue weighted by molar-refractivity contribution is 5.77. The van der Waals surface area contributed by atoms with Gasteiger partial charge in [0.05, 0.1) is 0 Å². The van der Waals surface area contributed by atoms with Crippen LogP contribution in [0.25, 0.3) is 11.1 Å². The SMILES string of the molecule is CN(C)OC1c2ccccc2-c2ccccc21. The van der Waals surface area contributed by atoms with Crippen LogP contribution in [0.3, 0.4) is 0 Å². The van der Waals surface area contributed by atoms with Gasteiger partial charge in [-0.2, -0.15) is 5.06 Å². The number of hydrogen-bond donors (Lipinski definition) is 0. The van der Waals surface area contributed by atoms with Gasteiger partial charge in [0, 0.05) is 14.1 Å². The highest BCUT2D eigenvalue weighted by atomic mass is 16.7. The smallest absolute Gasteiger partial charge is 0.131 e. The van der Waals surface area contributed by atoms with Crippen LogP contribution in [-0.2, 0) is 4.84 Å². The van der Waals surface area contributed by atoms with Gasteiger partial charge in [-0.3, -0.25) is 4.84 Å². The highest BCUT2D eigenvalue weighted by Crippen LogP contribution is 2.44. The Balaban J connectivity index is 2.17. The fourth-order valence-electron chi connectivity index (χ4n) is 2.43. The summed E-state index contributed by atoms with van der Waals surface area (Å²) in [6.45, 7) is 0. The summed E-state index contributed by atoms with van der Waals surface area (Å²) in [7, 11) is 3.84. The van der Waals surface area contributed by atoms with Crippen molar-refractivity contribution in [2.75, 3.05) is 14.1 Å². The molecule has 2 heteroatoms. The molecular formula is C15H15NO. The molecule has 2 aromatic rings. The molecular weight excluding hydrogens is 210 g/mol. The predicted octanol–water partition coefficient (Wildman–Crippen LogP) is 3.25. The van der Waals surface area contributed by atoms with Crippen LogP contribution in [0, 0.1) is 0 Å². The van der Waals surface area contributed by atoms with Gasteiger partial charge >= 0.3 is 0 Å². The summed E-state index contributed by atoms with van der Waals surface area (Å²) in [4.78, 5) is 5.90. The zero-order chi connectivity index (χ0) is 11.8. The molecule has 1 aliphatic carbocycles. The van der Waals surface area contributed by atoms with E-state index >= 15 is 0 Å². The first-order chi connectivity index (χ1) is 8.27. The van der Waals surface area contributed by atoms with Crippen LogP contribution in [0.5, 0.6) is 0 Å². The Morgan fingerprint density at radius 2 is 1.29 bits per heavy atom. The van der Waals surface area contributed by atoms with Crippen LogP contribution in [0.4, 0.5) is 0 Å². The van der Waals surface area contributed by atoms with E-state index in [0.717, 1.165) is 0 Å². The molecule has 0 saturated carbocycles. The van der Waals surface area contributed by atoms with Gasteiger partial charge in [0.25, 0.3) is 0 Å². The average Bonchev–Trinajstić information content (AvgIpc) is 2.65. The maximum atomic E-state index is 5.90. The molecule has 2 nitrogen and oxygen atoms in total. The quantitative estimate of drug-likeness (QED) is 0.727. The zero-order valence-corrected chi connectivity index (χ0v) is 10.1. The average molecular weight is 225 g/mol. The molecule has 3 rings (SSSR count). The Labute approximate surface area is 101 Å². The summed E-state index contributed by atoms with van der Waals surface area (Å²) in [5, 5.41) is 1.77. The van der Waals surface area contributed by atoms with Gasteiger partial charge in [-0.25, -0.2) is 0 Å². The van der Waals surface area contributed by atoms with Gasteiger partial charge in [-0.1, -0.05) is 48.5 Å². The van der Waals surface area contributed by atoms with Crippen molar-refractivity contribution in [3.8, 4) is 11.1 Å². The molecule has 0 fully saturated rings. The van der Waals surface area contributed by atoms with E-state index in [1.165, 1.54) is 22.3 Å². The maximum absolute atomic E-state index is 5.90. The molecule has 0 unspecified atom stereocenters. The van der Waals surface area contributed by atoms with Gasteiger partial charge < -0.3 is 0 Å². The Morgan fingerprint density at radius 1 is 0.824 bits per heavy atom. The monoisotopic (exact) mass is 225 g/mol. The van der Waals surface area contributed by atoms with E-state index in [2.05, 4.69) is 48.5 Å². The summed E-state index contributed by atoms with van der Waals surface area (Å²) < 4.78 is 0. The van der Waals surface area contributed by atoms with Crippen LogP contribution < -0.4 is 0 Å². The molecule has 0 saturated heterocycles. The lowest BCUT2D eigenvalue weighted by Gasteiger charge is -2.19. The van der Waals surface area contributed by atoms with Crippen molar-refractivity contribution in [1.29, 1.82) is 0 Å². The van der Waals surface area contributed by atoms with Crippen LogP contribution in [0.2, 0.25) is 0 Å². The Kier molecular flexibility index (Phi) is 2.46. The van der Waals surface area contributed by atoms with Crippen molar-refractivity contribution in [3.05, 3.63) is 59.7 Å². The normalized spacial score (nSPS) is 13.8. The minimum atomic E-state index is 0.0254.